The predicted molar refractivity (Wildman–Crippen MR) is 60.9 cm³/mol. The van der Waals surface area contributed by atoms with E-state index in [1.54, 1.807) is 0 Å². The molecule has 0 spiro atoms. The van der Waals surface area contributed by atoms with E-state index < -0.39 is 5.41 Å². The van der Waals surface area contributed by atoms with Gasteiger partial charge in [-0.1, -0.05) is 38.8 Å². The van der Waals surface area contributed by atoms with E-state index >= 15 is 0 Å². The molecule has 0 aromatic rings. The molecule has 0 unspecified atom stereocenters. The molecule has 0 N–H and O–H groups in total. The number of Topliss-reactive ketones (excluding diaryl/α,β-unsaturated/α-hetero) is 2. The van der Waals surface area contributed by atoms with E-state index in [1.807, 2.05) is 0 Å². The maximum Gasteiger partial charge on any atom is 0.206 e. The molecule has 4 heteroatoms. The van der Waals surface area contributed by atoms with Gasteiger partial charge in [0.1, 0.15) is 0 Å². The first-order valence-electron chi connectivity index (χ1n) is 4.74. The van der Waals surface area contributed by atoms with Crippen molar-refractivity contribution in [3.05, 3.63) is 0 Å². The maximum absolute atomic E-state index is 11.9. The standard InChI is InChI=1S/C10H12Br2O2/c1-9(4-11)6-2-3-10(9,5-12)8(14)7(6)13/h6H,2-5H2,1H3/t6-,9+,10-/m0/s1. The molecule has 0 heterocycles. The molecule has 2 fully saturated rings. The second kappa shape index (κ2) is 3.14. The normalized spacial score (nSPS) is 46.4. The number of carbonyl (C=O) groups is 2. The molecule has 0 aromatic heterocycles. The molecule has 14 heavy (non-hydrogen) atoms. The van der Waals surface area contributed by atoms with E-state index in [1.165, 1.54) is 0 Å². The molecular formula is C10H12Br2O2. The number of carbonyl (C=O) groups excluding carboxylic acids is 2. The van der Waals surface area contributed by atoms with Crippen LogP contribution in [0.5, 0.6) is 0 Å². The summed E-state index contributed by atoms with van der Waals surface area (Å²) < 4.78 is 0. The lowest BCUT2D eigenvalue weighted by Gasteiger charge is -2.35. The summed E-state index contributed by atoms with van der Waals surface area (Å²) in [5.74, 6) is -0.336. The quantitative estimate of drug-likeness (QED) is 0.577. The molecule has 0 saturated heterocycles. The summed E-state index contributed by atoms with van der Waals surface area (Å²) in [4.78, 5) is 23.6. The average Bonchev–Trinajstić information content (AvgIpc) is 2.57. The molecule has 0 radical (unpaired) electrons. The van der Waals surface area contributed by atoms with Gasteiger partial charge >= 0.3 is 0 Å². The lowest BCUT2D eigenvalue weighted by molar-refractivity contribution is -0.141. The second-order valence-electron chi connectivity index (χ2n) is 4.55. The topological polar surface area (TPSA) is 34.1 Å². The predicted octanol–water partition coefficient (Wildman–Crippen LogP) is 2.33. The minimum absolute atomic E-state index is 0.0491. The zero-order chi connectivity index (χ0) is 10.6. The fourth-order valence-electron chi connectivity index (χ4n) is 3.02. The fraction of sp³-hybridized carbons (Fsp3) is 0.800. The molecule has 2 rings (SSSR count). The molecule has 2 aliphatic carbocycles. The Hall–Kier alpha value is 0.300. The SMILES string of the molecule is C[C@@]1(CBr)[C@H]2CC[C@]1(CBr)C(=O)C2=O. The fourth-order valence-corrected chi connectivity index (χ4v) is 5.12. The van der Waals surface area contributed by atoms with Crippen LogP contribution in [0, 0.1) is 16.7 Å². The summed E-state index contributed by atoms with van der Waals surface area (Å²) in [6.07, 6.45) is 1.73. The van der Waals surface area contributed by atoms with Crippen molar-refractivity contribution in [3.63, 3.8) is 0 Å². The molecule has 0 aromatic carbocycles. The van der Waals surface area contributed by atoms with Crippen LogP contribution in [-0.4, -0.2) is 22.2 Å². The van der Waals surface area contributed by atoms with Gasteiger partial charge in [-0.05, 0) is 12.8 Å². The van der Waals surface area contributed by atoms with Gasteiger partial charge in [-0.25, -0.2) is 0 Å². The van der Waals surface area contributed by atoms with E-state index in [-0.39, 0.29) is 22.9 Å². The zero-order valence-electron chi connectivity index (χ0n) is 7.98. The highest BCUT2D eigenvalue weighted by atomic mass is 79.9. The van der Waals surface area contributed by atoms with Crippen molar-refractivity contribution in [2.45, 2.75) is 19.8 Å². The molecule has 78 valence electrons. The van der Waals surface area contributed by atoms with Crippen LogP contribution >= 0.6 is 31.9 Å². The van der Waals surface area contributed by atoms with E-state index in [9.17, 15) is 9.59 Å². The molecule has 2 saturated carbocycles. The highest BCUT2D eigenvalue weighted by molar-refractivity contribution is 9.09. The number of hydrogen-bond donors (Lipinski definition) is 0. The number of rotatable bonds is 2. The Morgan fingerprint density at radius 2 is 2.00 bits per heavy atom. The largest absolute Gasteiger partial charge is 0.291 e. The van der Waals surface area contributed by atoms with Gasteiger partial charge in [0.15, 0.2) is 0 Å². The van der Waals surface area contributed by atoms with Crippen LogP contribution in [0.15, 0.2) is 0 Å². The van der Waals surface area contributed by atoms with Gasteiger partial charge in [-0.2, -0.15) is 0 Å². The third kappa shape index (κ3) is 0.921. The summed E-state index contributed by atoms with van der Waals surface area (Å²) in [5.41, 5.74) is -0.608. The van der Waals surface area contributed by atoms with Gasteiger partial charge in [-0.15, -0.1) is 0 Å². The van der Waals surface area contributed by atoms with Gasteiger partial charge in [-0.3, -0.25) is 9.59 Å². The minimum atomic E-state index is -0.432. The van der Waals surface area contributed by atoms with Crippen molar-refractivity contribution in [1.29, 1.82) is 0 Å². The van der Waals surface area contributed by atoms with Crippen LogP contribution in [0.4, 0.5) is 0 Å². The van der Waals surface area contributed by atoms with Gasteiger partial charge < -0.3 is 0 Å². The van der Waals surface area contributed by atoms with Crippen molar-refractivity contribution in [1.82, 2.24) is 0 Å². The van der Waals surface area contributed by atoms with Crippen molar-refractivity contribution in [3.8, 4) is 0 Å². The Balaban J connectivity index is 2.55. The van der Waals surface area contributed by atoms with Crippen LogP contribution in [0.2, 0.25) is 0 Å². The Kier molecular flexibility index (Phi) is 2.43. The van der Waals surface area contributed by atoms with Gasteiger partial charge in [0.25, 0.3) is 0 Å². The molecule has 2 aliphatic rings. The van der Waals surface area contributed by atoms with Gasteiger partial charge in [0.2, 0.25) is 11.6 Å². The van der Waals surface area contributed by atoms with Gasteiger partial charge in [0.05, 0.1) is 5.41 Å². The monoisotopic (exact) mass is 322 g/mol. The van der Waals surface area contributed by atoms with E-state index in [0.717, 1.165) is 18.2 Å². The molecule has 2 nitrogen and oxygen atoms in total. The van der Waals surface area contributed by atoms with Crippen LogP contribution < -0.4 is 0 Å². The number of ketones is 2. The van der Waals surface area contributed by atoms with E-state index in [2.05, 4.69) is 38.8 Å². The summed E-state index contributed by atoms with van der Waals surface area (Å²) >= 11 is 6.87. The third-order valence-electron chi connectivity index (χ3n) is 4.20. The molecule has 0 aliphatic heterocycles. The Morgan fingerprint density at radius 1 is 1.36 bits per heavy atom. The van der Waals surface area contributed by atoms with Crippen molar-refractivity contribution < 1.29 is 9.59 Å². The van der Waals surface area contributed by atoms with E-state index in [4.69, 9.17) is 0 Å². The Bertz CT molecular complexity index is 315. The number of halogens is 2. The highest BCUT2D eigenvalue weighted by Gasteiger charge is 2.69. The van der Waals surface area contributed by atoms with Gasteiger partial charge in [0, 0.05) is 22.0 Å². The second-order valence-corrected chi connectivity index (χ2v) is 5.67. The highest BCUT2D eigenvalue weighted by Crippen LogP contribution is 2.63. The first kappa shape index (κ1) is 10.8. The van der Waals surface area contributed by atoms with Crippen LogP contribution in [0.25, 0.3) is 0 Å². The van der Waals surface area contributed by atoms with Crippen molar-refractivity contribution >= 4 is 43.4 Å². The van der Waals surface area contributed by atoms with E-state index in [0.29, 0.717) is 5.33 Å². The molecule has 0 amide bonds. The Labute approximate surface area is 100 Å². The molecule has 2 bridgehead atoms. The first-order chi connectivity index (χ1) is 6.53. The number of fused-ring (bicyclic) bond motifs is 2. The lowest BCUT2D eigenvalue weighted by atomic mass is 9.70. The van der Waals surface area contributed by atoms with Crippen LogP contribution in [0.3, 0.4) is 0 Å². The smallest absolute Gasteiger partial charge is 0.206 e. The maximum atomic E-state index is 11.9. The first-order valence-corrected chi connectivity index (χ1v) is 6.98. The average molecular weight is 324 g/mol. The Morgan fingerprint density at radius 3 is 2.43 bits per heavy atom. The molecule has 3 atom stereocenters. The van der Waals surface area contributed by atoms with Crippen LogP contribution in [-0.2, 0) is 9.59 Å². The summed E-state index contributed by atoms with van der Waals surface area (Å²) in [6.45, 7) is 2.06. The minimum Gasteiger partial charge on any atom is -0.291 e. The van der Waals surface area contributed by atoms with Crippen molar-refractivity contribution in [2.75, 3.05) is 10.7 Å². The third-order valence-corrected chi connectivity index (χ3v) is 6.32. The lowest BCUT2D eigenvalue weighted by Crippen LogP contribution is -2.41. The van der Waals surface area contributed by atoms with Crippen molar-refractivity contribution in [2.24, 2.45) is 16.7 Å². The zero-order valence-corrected chi connectivity index (χ0v) is 11.2. The molecular weight excluding hydrogens is 312 g/mol. The number of hydrogen-bond acceptors (Lipinski definition) is 2. The summed E-state index contributed by atoms with van der Waals surface area (Å²) in [6, 6.07) is 0. The summed E-state index contributed by atoms with van der Waals surface area (Å²) in [7, 11) is 0. The summed E-state index contributed by atoms with van der Waals surface area (Å²) in [5, 5.41) is 1.34. The van der Waals surface area contributed by atoms with Crippen LogP contribution in [0.1, 0.15) is 19.8 Å². The number of alkyl halides is 2.